The molecule has 2 atom stereocenters. The highest BCUT2D eigenvalue weighted by Gasteiger charge is 2.39. The van der Waals surface area contributed by atoms with Crippen molar-refractivity contribution in [1.29, 1.82) is 0 Å². The van der Waals surface area contributed by atoms with E-state index in [9.17, 15) is 14.7 Å². The van der Waals surface area contributed by atoms with Gasteiger partial charge in [-0.25, -0.2) is 4.79 Å². The van der Waals surface area contributed by atoms with E-state index in [4.69, 9.17) is 4.74 Å². The van der Waals surface area contributed by atoms with Crippen LogP contribution in [0.25, 0.3) is 10.9 Å². The lowest BCUT2D eigenvalue weighted by molar-refractivity contribution is -0.132. The molecule has 136 valence electrons. The highest BCUT2D eigenvalue weighted by Crippen LogP contribution is 2.24. The van der Waals surface area contributed by atoms with Crippen LogP contribution < -0.4 is 5.32 Å². The summed E-state index contributed by atoms with van der Waals surface area (Å²) in [5.41, 5.74) is -0.147. The predicted molar refractivity (Wildman–Crippen MR) is 96.5 cm³/mol. The molecule has 0 aliphatic rings. The summed E-state index contributed by atoms with van der Waals surface area (Å²) in [5, 5.41) is 13.4. The Bertz CT molecular complexity index is 773. The monoisotopic (exact) mass is 346 g/mol. The van der Waals surface area contributed by atoms with Crippen molar-refractivity contribution < 1.29 is 19.4 Å². The fraction of sp³-hybridized carbons (Fsp3) is 0.474. The summed E-state index contributed by atoms with van der Waals surface area (Å²) in [6.07, 6.45) is 0.156. The van der Waals surface area contributed by atoms with Crippen LogP contribution in [-0.4, -0.2) is 39.2 Å². The van der Waals surface area contributed by atoms with Gasteiger partial charge in [0.1, 0.15) is 17.2 Å². The van der Waals surface area contributed by atoms with Crippen LogP contribution in [0.5, 0.6) is 0 Å². The van der Waals surface area contributed by atoms with E-state index < -0.39 is 29.1 Å². The van der Waals surface area contributed by atoms with Gasteiger partial charge in [0.25, 0.3) is 0 Å². The number of aliphatic hydroxyl groups is 1. The SMILES string of the molecule is CC(O)C(=O)[C@](C)(Cc1c[nH]c2ccccc12)NC(=O)OC(C)(C)C. The first-order chi connectivity index (χ1) is 11.5. The summed E-state index contributed by atoms with van der Waals surface area (Å²) >= 11 is 0. The molecule has 0 spiro atoms. The van der Waals surface area contributed by atoms with E-state index in [1.54, 1.807) is 27.7 Å². The highest BCUT2D eigenvalue weighted by atomic mass is 16.6. The van der Waals surface area contributed by atoms with Crippen LogP contribution in [0.4, 0.5) is 4.79 Å². The van der Waals surface area contributed by atoms with Gasteiger partial charge < -0.3 is 20.1 Å². The van der Waals surface area contributed by atoms with Gasteiger partial charge in [-0.2, -0.15) is 0 Å². The number of hydrogen-bond acceptors (Lipinski definition) is 4. The number of aromatic amines is 1. The van der Waals surface area contributed by atoms with Crippen LogP contribution in [-0.2, 0) is 16.0 Å². The molecule has 2 aromatic rings. The van der Waals surface area contributed by atoms with Gasteiger partial charge in [0, 0.05) is 23.5 Å². The maximum Gasteiger partial charge on any atom is 0.408 e. The quantitative estimate of drug-likeness (QED) is 0.776. The second kappa shape index (κ2) is 6.88. The zero-order valence-corrected chi connectivity index (χ0v) is 15.3. The molecule has 0 aliphatic carbocycles. The maximum absolute atomic E-state index is 12.6. The Labute approximate surface area is 147 Å². The Kier molecular flexibility index (Phi) is 5.23. The minimum absolute atomic E-state index is 0.236. The lowest BCUT2D eigenvalue weighted by Gasteiger charge is -2.31. The molecule has 2 rings (SSSR count). The fourth-order valence-electron chi connectivity index (χ4n) is 2.84. The number of H-pyrrole nitrogens is 1. The summed E-state index contributed by atoms with van der Waals surface area (Å²) in [5.74, 6) is -0.469. The number of ether oxygens (including phenoxy) is 1. The average Bonchev–Trinajstić information content (AvgIpc) is 2.87. The van der Waals surface area contributed by atoms with Crippen molar-refractivity contribution in [2.45, 2.75) is 58.3 Å². The maximum atomic E-state index is 12.6. The third-order valence-corrected chi connectivity index (χ3v) is 3.92. The number of benzene rings is 1. The number of rotatable bonds is 5. The van der Waals surface area contributed by atoms with Gasteiger partial charge in [-0.3, -0.25) is 4.79 Å². The minimum Gasteiger partial charge on any atom is -0.444 e. The van der Waals surface area contributed by atoms with Gasteiger partial charge in [-0.05, 0) is 46.2 Å². The number of carbonyl (C=O) groups is 2. The van der Waals surface area contributed by atoms with E-state index in [-0.39, 0.29) is 6.42 Å². The second-order valence-electron chi connectivity index (χ2n) is 7.54. The van der Waals surface area contributed by atoms with Gasteiger partial charge in [0.2, 0.25) is 0 Å². The highest BCUT2D eigenvalue weighted by molar-refractivity contribution is 5.95. The van der Waals surface area contributed by atoms with Gasteiger partial charge in [0.05, 0.1) is 0 Å². The smallest absolute Gasteiger partial charge is 0.408 e. The Hall–Kier alpha value is -2.34. The molecular weight excluding hydrogens is 320 g/mol. The van der Waals surface area contributed by atoms with Crippen LogP contribution in [0.1, 0.15) is 40.2 Å². The zero-order chi connectivity index (χ0) is 18.8. The van der Waals surface area contributed by atoms with Crippen LogP contribution in [0.3, 0.4) is 0 Å². The summed E-state index contributed by atoms with van der Waals surface area (Å²) < 4.78 is 5.28. The van der Waals surface area contributed by atoms with Crippen molar-refractivity contribution in [3.8, 4) is 0 Å². The van der Waals surface area contributed by atoms with Gasteiger partial charge >= 0.3 is 6.09 Å². The number of ketones is 1. The van der Waals surface area contributed by atoms with E-state index >= 15 is 0 Å². The number of fused-ring (bicyclic) bond motifs is 1. The molecule has 1 unspecified atom stereocenters. The Morgan fingerprint density at radius 1 is 1.24 bits per heavy atom. The molecule has 3 N–H and O–H groups in total. The first-order valence-electron chi connectivity index (χ1n) is 8.30. The number of alkyl carbamates (subject to hydrolysis) is 1. The van der Waals surface area contributed by atoms with Crippen molar-refractivity contribution in [2.75, 3.05) is 0 Å². The largest absolute Gasteiger partial charge is 0.444 e. The third kappa shape index (κ3) is 4.60. The Morgan fingerprint density at radius 3 is 2.48 bits per heavy atom. The van der Waals surface area contributed by atoms with Crippen LogP contribution in [0, 0.1) is 0 Å². The van der Waals surface area contributed by atoms with Crippen molar-refractivity contribution in [3.05, 3.63) is 36.0 Å². The molecule has 25 heavy (non-hydrogen) atoms. The summed E-state index contributed by atoms with van der Waals surface area (Å²) in [4.78, 5) is 28.0. The van der Waals surface area contributed by atoms with Crippen LogP contribution >= 0.6 is 0 Å². The third-order valence-electron chi connectivity index (χ3n) is 3.92. The van der Waals surface area contributed by atoms with Crippen molar-refractivity contribution in [2.24, 2.45) is 0 Å². The number of amides is 1. The zero-order valence-electron chi connectivity index (χ0n) is 15.3. The van der Waals surface area contributed by atoms with E-state index in [1.165, 1.54) is 6.92 Å². The molecule has 0 saturated carbocycles. The number of aromatic nitrogens is 1. The molecule has 1 amide bonds. The average molecular weight is 346 g/mol. The topological polar surface area (TPSA) is 91.4 Å². The molecule has 0 radical (unpaired) electrons. The summed E-state index contributed by atoms with van der Waals surface area (Å²) in [7, 11) is 0. The van der Waals surface area contributed by atoms with E-state index in [1.807, 2.05) is 30.5 Å². The molecule has 1 aromatic heterocycles. The number of nitrogens with one attached hydrogen (secondary N) is 2. The molecule has 1 heterocycles. The van der Waals surface area contributed by atoms with Gasteiger partial charge in [0.15, 0.2) is 5.78 Å². The molecule has 0 bridgehead atoms. The van der Waals surface area contributed by atoms with E-state index in [2.05, 4.69) is 10.3 Å². The summed E-state index contributed by atoms with van der Waals surface area (Å²) in [6.45, 7) is 8.25. The molecule has 1 aromatic carbocycles. The number of para-hydroxylation sites is 1. The lowest BCUT2D eigenvalue weighted by atomic mass is 9.86. The van der Waals surface area contributed by atoms with Crippen molar-refractivity contribution >= 4 is 22.8 Å². The van der Waals surface area contributed by atoms with Crippen molar-refractivity contribution in [1.82, 2.24) is 10.3 Å². The number of carbonyl (C=O) groups excluding carboxylic acids is 2. The fourth-order valence-corrected chi connectivity index (χ4v) is 2.84. The predicted octanol–water partition coefficient (Wildman–Crippen LogP) is 2.94. The first kappa shape index (κ1) is 19.0. The molecule has 0 aliphatic heterocycles. The first-order valence-corrected chi connectivity index (χ1v) is 8.30. The van der Waals surface area contributed by atoms with Gasteiger partial charge in [-0.15, -0.1) is 0 Å². The molecule has 0 saturated heterocycles. The molecule has 6 heteroatoms. The molecule has 0 fully saturated rings. The number of hydrogen-bond donors (Lipinski definition) is 3. The van der Waals surface area contributed by atoms with E-state index in [0.717, 1.165) is 16.5 Å². The molecule has 6 nitrogen and oxygen atoms in total. The number of aliphatic hydroxyl groups excluding tert-OH is 1. The minimum atomic E-state index is -1.29. The molecular formula is C19H26N2O4. The Morgan fingerprint density at radius 2 is 1.88 bits per heavy atom. The van der Waals surface area contributed by atoms with Crippen LogP contribution in [0.15, 0.2) is 30.5 Å². The summed E-state index contributed by atoms with van der Waals surface area (Å²) in [6, 6.07) is 7.71. The normalized spacial score (nSPS) is 15.4. The van der Waals surface area contributed by atoms with Gasteiger partial charge in [-0.1, -0.05) is 18.2 Å². The standard InChI is InChI=1S/C19H26N2O4/c1-12(22)16(23)19(5,21-17(24)25-18(2,3)4)10-13-11-20-15-9-7-6-8-14(13)15/h6-9,11-12,20,22H,10H2,1-5H3,(H,21,24)/t12?,19-/m0/s1. The van der Waals surface area contributed by atoms with Crippen LogP contribution in [0.2, 0.25) is 0 Å². The Balaban J connectivity index is 2.32. The van der Waals surface area contributed by atoms with E-state index in [0.29, 0.717) is 0 Å². The number of Topliss-reactive ketones (excluding diaryl/α,β-unsaturated/α-hetero) is 1. The van der Waals surface area contributed by atoms with Crippen molar-refractivity contribution in [3.63, 3.8) is 0 Å². The lowest BCUT2D eigenvalue weighted by Crippen LogP contribution is -2.57. The second-order valence-corrected chi connectivity index (χ2v) is 7.54.